The minimum Gasteiger partial charge on any atom is -0.480 e. The van der Waals surface area contributed by atoms with E-state index in [-0.39, 0.29) is 12.5 Å². The second-order valence-corrected chi connectivity index (χ2v) is 3.82. The average molecular weight is 245 g/mol. The zero-order valence-electron chi connectivity index (χ0n) is 9.11. The van der Waals surface area contributed by atoms with Gasteiger partial charge < -0.3 is 14.6 Å². The Morgan fingerprint density at radius 1 is 1.56 bits per heavy atom. The van der Waals surface area contributed by atoms with Crippen LogP contribution in [-0.2, 0) is 11.3 Å². The first kappa shape index (κ1) is 12.6. The summed E-state index contributed by atoms with van der Waals surface area (Å²) in [6.07, 6.45) is 1.64. The molecule has 5 nitrogen and oxygen atoms in total. The van der Waals surface area contributed by atoms with Gasteiger partial charge in [0.1, 0.15) is 12.2 Å². The van der Waals surface area contributed by atoms with Crippen molar-refractivity contribution >= 4 is 23.5 Å². The molecule has 0 saturated carbocycles. The highest BCUT2D eigenvalue weighted by atomic mass is 35.5. The van der Waals surface area contributed by atoms with E-state index in [1.54, 1.807) is 10.8 Å². The lowest BCUT2D eigenvalue weighted by Gasteiger charge is -2.15. The molecule has 1 aromatic rings. The fraction of sp³-hybridized carbons (Fsp3) is 0.400. The molecule has 0 atom stereocenters. The maximum absolute atomic E-state index is 11.9. The largest absolute Gasteiger partial charge is 0.480 e. The molecule has 0 fully saturated rings. The molecule has 0 aliphatic carbocycles. The standard InChI is InChI=1S/C10H13ClN2O3/c1-3-13-5-7(11)4-8(13)10(16)12(2)6-9(14)15/h4-5H,3,6H2,1-2H3,(H,14,15). The number of carbonyl (C=O) groups is 2. The molecule has 0 bridgehead atoms. The van der Waals surface area contributed by atoms with Crippen molar-refractivity contribution in [1.82, 2.24) is 9.47 Å². The number of carboxylic acids is 1. The van der Waals surface area contributed by atoms with E-state index in [1.165, 1.54) is 13.1 Å². The summed E-state index contributed by atoms with van der Waals surface area (Å²) < 4.78 is 1.68. The number of aryl methyl sites for hydroxylation is 1. The molecule has 1 heterocycles. The van der Waals surface area contributed by atoms with Crippen LogP contribution >= 0.6 is 11.6 Å². The molecule has 0 aromatic carbocycles. The van der Waals surface area contributed by atoms with E-state index in [0.29, 0.717) is 17.3 Å². The molecule has 0 spiro atoms. The summed E-state index contributed by atoms with van der Waals surface area (Å²) in [6, 6.07) is 1.53. The molecule has 1 aromatic heterocycles. The fourth-order valence-electron chi connectivity index (χ4n) is 1.39. The molecular formula is C10H13ClN2O3. The predicted octanol–water partition coefficient (Wildman–Crippen LogP) is 1.32. The Balaban J connectivity index is 2.90. The lowest BCUT2D eigenvalue weighted by molar-refractivity contribution is -0.137. The van der Waals surface area contributed by atoms with Gasteiger partial charge in [-0.15, -0.1) is 0 Å². The van der Waals surface area contributed by atoms with E-state index in [9.17, 15) is 9.59 Å². The van der Waals surface area contributed by atoms with E-state index in [1.807, 2.05) is 6.92 Å². The van der Waals surface area contributed by atoms with Gasteiger partial charge in [0.25, 0.3) is 5.91 Å². The van der Waals surface area contributed by atoms with Crippen molar-refractivity contribution < 1.29 is 14.7 Å². The number of nitrogens with zero attached hydrogens (tertiary/aromatic N) is 2. The third-order valence-corrected chi connectivity index (χ3v) is 2.35. The number of rotatable bonds is 4. The number of hydrogen-bond acceptors (Lipinski definition) is 2. The zero-order chi connectivity index (χ0) is 12.3. The van der Waals surface area contributed by atoms with Gasteiger partial charge in [0, 0.05) is 19.8 Å². The van der Waals surface area contributed by atoms with Crippen LogP contribution in [0.15, 0.2) is 12.3 Å². The maximum atomic E-state index is 11.9. The highest BCUT2D eigenvalue weighted by Gasteiger charge is 2.18. The molecule has 6 heteroatoms. The lowest BCUT2D eigenvalue weighted by Crippen LogP contribution is -2.33. The minimum absolute atomic E-state index is 0.328. The summed E-state index contributed by atoms with van der Waals surface area (Å²) in [5.74, 6) is -1.40. The van der Waals surface area contributed by atoms with Gasteiger partial charge in [-0.3, -0.25) is 9.59 Å². The Kier molecular flexibility index (Phi) is 3.95. The average Bonchev–Trinajstić information content (AvgIpc) is 2.57. The van der Waals surface area contributed by atoms with Crippen LogP contribution in [0.1, 0.15) is 17.4 Å². The normalized spacial score (nSPS) is 10.2. The van der Waals surface area contributed by atoms with Crippen LogP contribution in [0.5, 0.6) is 0 Å². The van der Waals surface area contributed by atoms with Crippen LogP contribution in [-0.4, -0.2) is 40.0 Å². The summed E-state index contributed by atoms with van der Waals surface area (Å²) in [5.41, 5.74) is 0.399. The van der Waals surface area contributed by atoms with E-state index in [2.05, 4.69) is 0 Å². The summed E-state index contributed by atoms with van der Waals surface area (Å²) in [6.45, 7) is 2.16. The summed E-state index contributed by atoms with van der Waals surface area (Å²) in [7, 11) is 1.44. The summed E-state index contributed by atoms with van der Waals surface area (Å²) in [5, 5.41) is 9.05. The minimum atomic E-state index is -1.04. The first-order chi connectivity index (χ1) is 7.45. The van der Waals surface area contributed by atoms with Gasteiger partial charge in [-0.05, 0) is 13.0 Å². The van der Waals surface area contributed by atoms with Crippen molar-refractivity contribution in [2.45, 2.75) is 13.5 Å². The van der Waals surface area contributed by atoms with E-state index < -0.39 is 5.97 Å². The topological polar surface area (TPSA) is 62.5 Å². The van der Waals surface area contributed by atoms with Gasteiger partial charge in [-0.1, -0.05) is 11.6 Å². The van der Waals surface area contributed by atoms with Crippen LogP contribution in [0.4, 0.5) is 0 Å². The van der Waals surface area contributed by atoms with Gasteiger partial charge >= 0.3 is 5.97 Å². The predicted molar refractivity (Wildman–Crippen MR) is 59.7 cm³/mol. The van der Waals surface area contributed by atoms with Gasteiger partial charge in [0.15, 0.2) is 0 Å². The Morgan fingerprint density at radius 3 is 2.69 bits per heavy atom. The van der Waals surface area contributed by atoms with Gasteiger partial charge in [-0.25, -0.2) is 0 Å². The number of aromatic nitrogens is 1. The molecule has 1 amide bonds. The second-order valence-electron chi connectivity index (χ2n) is 3.38. The lowest BCUT2D eigenvalue weighted by atomic mass is 10.3. The number of carboxylic acid groups (broad SMARTS) is 1. The van der Waals surface area contributed by atoms with Crippen LogP contribution < -0.4 is 0 Å². The Morgan fingerprint density at radius 2 is 2.19 bits per heavy atom. The van der Waals surface area contributed by atoms with Crippen LogP contribution in [0.25, 0.3) is 0 Å². The smallest absolute Gasteiger partial charge is 0.323 e. The second kappa shape index (κ2) is 5.03. The first-order valence-corrected chi connectivity index (χ1v) is 5.16. The van der Waals surface area contributed by atoms with Crippen molar-refractivity contribution in [2.24, 2.45) is 0 Å². The third kappa shape index (κ3) is 2.76. The molecule has 88 valence electrons. The number of aliphatic carboxylic acids is 1. The van der Waals surface area contributed by atoms with Crippen molar-refractivity contribution in [3.8, 4) is 0 Å². The molecule has 0 saturated heterocycles. The van der Waals surface area contributed by atoms with E-state index in [4.69, 9.17) is 16.7 Å². The molecule has 0 aliphatic rings. The van der Waals surface area contributed by atoms with E-state index in [0.717, 1.165) is 4.90 Å². The number of likely N-dealkylation sites (N-methyl/N-ethyl adjacent to an activating group) is 1. The third-order valence-electron chi connectivity index (χ3n) is 2.14. The van der Waals surface area contributed by atoms with Crippen molar-refractivity contribution in [3.05, 3.63) is 23.0 Å². The van der Waals surface area contributed by atoms with Crippen LogP contribution in [0, 0.1) is 0 Å². The summed E-state index contributed by atoms with van der Waals surface area (Å²) >= 11 is 5.79. The highest BCUT2D eigenvalue weighted by Crippen LogP contribution is 2.15. The fourth-order valence-corrected chi connectivity index (χ4v) is 1.61. The molecular weight excluding hydrogens is 232 g/mol. The van der Waals surface area contributed by atoms with Crippen LogP contribution in [0.2, 0.25) is 5.02 Å². The number of hydrogen-bond donors (Lipinski definition) is 1. The molecule has 0 unspecified atom stereocenters. The number of carbonyl (C=O) groups excluding carboxylic acids is 1. The van der Waals surface area contributed by atoms with Crippen molar-refractivity contribution in [3.63, 3.8) is 0 Å². The number of halogens is 1. The Labute approximate surface area is 98.2 Å². The van der Waals surface area contributed by atoms with Crippen molar-refractivity contribution in [2.75, 3.05) is 13.6 Å². The highest BCUT2D eigenvalue weighted by molar-refractivity contribution is 6.31. The first-order valence-electron chi connectivity index (χ1n) is 4.78. The summed E-state index contributed by atoms with van der Waals surface area (Å²) in [4.78, 5) is 23.5. The van der Waals surface area contributed by atoms with Gasteiger partial charge in [0.05, 0.1) is 5.02 Å². The molecule has 0 aliphatic heterocycles. The molecule has 0 radical (unpaired) electrons. The van der Waals surface area contributed by atoms with E-state index >= 15 is 0 Å². The molecule has 1 rings (SSSR count). The van der Waals surface area contributed by atoms with Gasteiger partial charge in [0.2, 0.25) is 0 Å². The molecule has 1 N–H and O–H groups in total. The van der Waals surface area contributed by atoms with Crippen molar-refractivity contribution in [1.29, 1.82) is 0 Å². The SMILES string of the molecule is CCn1cc(Cl)cc1C(=O)N(C)CC(=O)O. The quantitative estimate of drug-likeness (QED) is 0.869. The van der Waals surface area contributed by atoms with Crippen LogP contribution in [0.3, 0.4) is 0 Å². The zero-order valence-corrected chi connectivity index (χ0v) is 9.86. The Bertz CT molecular complexity index is 414. The number of amides is 1. The Hall–Kier alpha value is -1.49. The van der Waals surface area contributed by atoms with Gasteiger partial charge in [-0.2, -0.15) is 0 Å². The molecule has 16 heavy (non-hydrogen) atoms. The monoisotopic (exact) mass is 244 g/mol. The maximum Gasteiger partial charge on any atom is 0.323 e.